The van der Waals surface area contributed by atoms with Crippen molar-refractivity contribution in [2.24, 2.45) is 0 Å². The maximum absolute atomic E-state index is 12.0. The second-order valence-electron chi connectivity index (χ2n) is 4.62. The molecule has 0 amide bonds. The average molecular weight is 335 g/mol. The number of rotatable bonds is 6. The van der Waals surface area contributed by atoms with E-state index in [0.29, 0.717) is 22.9 Å². The molecule has 2 aromatic carbocycles. The maximum atomic E-state index is 12.0. The Kier molecular flexibility index (Phi) is 5.60. The maximum Gasteiger partial charge on any atom is 0.342 e. The van der Waals surface area contributed by atoms with Crippen molar-refractivity contribution in [3.8, 4) is 11.5 Å². The van der Waals surface area contributed by atoms with Crippen LogP contribution in [0.4, 0.5) is 0 Å². The largest absolute Gasteiger partial charge is 0.507 e. The summed E-state index contributed by atoms with van der Waals surface area (Å²) in [6.45, 7) is 1.98. The number of halogens is 1. The normalized spacial score (nSPS) is 10.2. The molecule has 0 heterocycles. The summed E-state index contributed by atoms with van der Waals surface area (Å²) >= 11 is 5.69. The number of hydrogen-bond acceptors (Lipinski definition) is 5. The van der Waals surface area contributed by atoms with Crippen LogP contribution in [0.15, 0.2) is 42.5 Å². The Bertz CT molecular complexity index is 709. The van der Waals surface area contributed by atoms with Gasteiger partial charge >= 0.3 is 5.97 Å². The van der Waals surface area contributed by atoms with Crippen LogP contribution < -0.4 is 4.74 Å². The van der Waals surface area contributed by atoms with E-state index in [9.17, 15) is 14.7 Å². The van der Waals surface area contributed by atoms with Crippen LogP contribution in [0.5, 0.6) is 11.5 Å². The third kappa shape index (κ3) is 4.47. The number of carbonyl (C=O) groups excluding carboxylic acids is 2. The molecular formula is C17H15ClO5. The van der Waals surface area contributed by atoms with Gasteiger partial charge in [-0.05, 0) is 49.4 Å². The molecule has 2 rings (SSSR count). The summed E-state index contributed by atoms with van der Waals surface area (Å²) in [5.41, 5.74) is 0.357. The zero-order chi connectivity index (χ0) is 16.8. The molecule has 23 heavy (non-hydrogen) atoms. The lowest BCUT2D eigenvalue weighted by atomic mass is 10.1. The minimum Gasteiger partial charge on any atom is -0.507 e. The Balaban J connectivity index is 1.96. The fourth-order valence-corrected chi connectivity index (χ4v) is 2.04. The molecule has 0 spiro atoms. The van der Waals surface area contributed by atoms with E-state index in [0.717, 1.165) is 0 Å². The van der Waals surface area contributed by atoms with Gasteiger partial charge in [-0.3, -0.25) is 4.79 Å². The van der Waals surface area contributed by atoms with Gasteiger partial charge in [-0.2, -0.15) is 0 Å². The first-order valence-corrected chi connectivity index (χ1v) is 7.30. The van der Waals surface area contributed by atoms with Crippen LogP contribution >= 0.6 is 11.6 Å². The van der Waals surface area contributed by atoms with Gasteiger partial charge in [0, 0.05) is 10.6 Å². The number of phenols is 1. The van der Waals surface area contributed by atoms with Crippen molar-refractivity contribution >= 4 is 23.4 Å². The topological polar surface area (TPSA) is 72.8 Å². The highest BCUT2D eigenvalue weighted by atomic mass is 35.5. The van der Waals surface area contributed by atoms with Gasteiger partial charge in [-0.15, -0.1) is 0 Å². The third-order valence-electron chi connectivity index (χ3n) is 3.00. The lowest BCUT2D eigenvalue weighted by Gasteiger charge is -2.07. The first-order valence-electron chi connectivity index (χ1n) is 6.93. The number of esters is 1. The number of hydrogen-bond donors (Lipinski definition) is 1. The molecule has 0 aliphatic heterocycles. The molecule has 120 valence electrons. The summed E-state index contributed by atoms with van der Waals surface area (Å²) < 4.78 is 10.2. The highest BCUT2D eigenvalue weighted by molar-refractivity contribution is 6.30. The van der Waals surface area contributed by atoms with Crippen molar-refractivity contribution in [2.75, 3.05) is 13.2 Å². The van der Waals surface area contributed by atoms with E-state index in [1.807, 2.05) is 6.92 Å². The van der Waals surface area contributed by atoms with Gasteiger partial charge in [-0.1, -0.05) is 11.6 Å². The predicted octanol–water partition coefficient (Wildman–Crippen LogP) is 3.48. The molecule has 0 aliphatic carbocycles. The van der Waals surface area contributed by atoms with E-state index in [-0.39, 0.29) is 17.1 Å². The highest BCUT2D eigenvalue weighted by Crippen LogP contribution is 2.22. The smallest absolute Gasteiger partial charge is 0.342 e. The lowest BCUT2D eigenvalue weighted by molar-refractivity contribution is 0.0472. The number of carbonyl (C=O) groups is 2. The molecule has 0 saturated heterocycles. The first kappa shape index (κ1) is 16.8. The monoisotopic (exact) mass is 334 g/mol. The van der Waals surface area contributed by atoms with Gasteiger partial charge < -0.3 is 14.6 Å². The molecule has 0 fully saturated rings. The van der Waals surface area contributed by atoms with Crippen LogP contribution in [0.2, 0.25) is 5.02 Å². The second kappa shape index (κ2) is 7.65. The van der Waals surface area contributed by atoms with E-state index in [2.05, 4.69) is 0 Å². The van der Waals surface area contributed by atoms with E-state index < -0.39 is 12.6 Å². The molecule has 0 unspecified atom stereocenters. The number of phenolic OH excluding ortho intramolecular Hbond substituents is 1. The second-order valence-corrected chi connectivity index (χ2v) is 5.05. The molecule has 0 bridgehead atoms. The van der Waals surface area contributed by atoms with Crippen molar-refractivity contribution in [3.05, 3.63) is 58.6 Å². The van der Waals surface area contributed by atoms with Gasteiger partial charge in [0.2, 0.25) is 0 Å². The molecule has 0 radical (unpaired) electrons. The molecular weight excluding hydrogens is 320 g/mol. The fraction of sp³-hybridized carbons (Fsp3) is 0.176. The predicted molar refractivity (Wildman–Crippen MR) is 85.3 cm³/mol. The van der Waals surface area contributed by atoms with Crippen LogP contribution in [0.3, 0.4) is 0 Å². The molecule has 0 aliphatic rings. The number of Topliss-reactive ketones (excluding diaryl/α,β-unsaturated/α-hetero) is 1. The summed E-state index contributed by atoms with van der Waals surface area (Å²) in [5, 5.41) is 9.94. The van der Waals surface area contributed by atoms with Crippen molar-refractivity contribution < 1.29 is 24.2 Å². The minimum absolute atomic E-state index is 0.0473. The van der Waals surface area contributed by atoms with Gasteiger partial charge in [0.15, 0.2) is 12.4 Å². The van der Waals surface area contributed by atoms with Crippen LogP contribution in [-0.4, -0.2) is 30.1 Å². The SMILES string of the molecule is CCOc1ccc(C(=O)COC(=O)c2ccc(Cl)cc2O)cc1. The minimum atomic E-state index is -0.793. The molecule has 0 atom stereocenters. The number of benzene rings is 2. The molecule has 5 nitrogen and oxygen atoms in total. The lowest BCUT2D eigenvalue weighted by Crippen LogP contribution is -2.14. The number of ether oxygens (including phenoxy) is 2. The summed E-state index contributed by atoms with van der Waals surface area (Å²) in [7, 11) is 0. The fourth-order valence-electron chi connectivity index (χ4n) is 1.87. The quantitative estimate of drug-likeness (QED) is 0.646. The van der Waals surface area contributed by atoms with E-state index in [4.69, 9.17) is 21.1 Å². The molecule has 6 heteroatoms. The average Bonchev–Trinajstić information content (AvgIpc) is 2.53. The number of aromatic hydroxyl groups is 1. The first-order chi connectivity index (χ1) is 11.0. The summed E-state index contributed by atoms with van der Waals surface area (Å²) in [5.74, 6) is -0.781. The Morgan fingerprint density at radius 2 is 1.83 bits per heavy atom. The van der Waals surface area contributed by atoms with E-state index in [1.54, 1.807) is 24.3 Å². The Morgan fingerprint density at radius 1 is 1.13 bits per heavy atom. The highest BCUT2D eigenvalue weighted by Gasteiger charge is 2.15. The zero-order valence-corrected chi connectivity index (χ0v) is 13.2. The van der Waals surface area contributed by atoms with Crippen molar-refractivity contribution in [1.82, 2.24) is 0 Å². The summed E-state index contributed by atoms with van der Waals surface area (Å²) in [4.78, 5) is 23.8. The van der Waals surface area contributed by atoms with Gasteiger partial charge in [0.25, 0.3) is 0 Å². The van der Waals surface area contributed by atoms with Crippen LogP contribution in [0.1, 0.15) is 27.6 Å². The van der Waals surface area contributed by atoms with Crippen molar-refractivity contribution in [1.29, 1.82) is 0 Å². The third-order valence-corrected chi connectivity index (χ3v) is 3.24. The van der Waals surface area contributed by atoms with Gasteiger partial charge in [0.05, 0.1) is 6.61 Å². The standard InChI is InChI=1S/C17H15ClO5/c1-2-22-13-6-3-11(4-7-13)16(20)10-23-17(21)14-8-5-12(18)9-15(14)19/h3-9,19H,2,10H2,1H3. The summed E-state index contributed by atoms with van der Waals surface area (Å²) in [6.07, 6.45) is 0. The molecule has 2 aromatic rings. The van der Waals surface area contributed by atoms with Crippen LogP contribution in [0.25, 0.3) is 0 Å². The van der Waals surface area contributed by atoms with Gasteiger partial charge in [-0.25, -0.2) is 4.79 Å². The Hall–Kier alpha value is -2.53. The molecule has 1 N–H and O–H groups in total. The zero-order valence-electron chi connectivity index (χ0n) is 12.4. The summed E-state index contributed by atoms with van der Waals surface area (Å²) in [6, 6.07) is 10.6. The molecule has 0 aromatic heterocycles. The Labute approximate surface area is 138 Å². The van der Waals surface area contributed by atoms with E-state index in [1.165, 1.54) is 18.2 Å². The van der Waals surface area contributed by atoms with Crippen molar-refractivity contribution in [3.63, 3.8) is 0 Å². The van der Waals surface area contributed by atoms with Crippen LogP contribution in [0, 0.1) is 0 Å². The van der Waals surface area contributed by atoms with Gasteiger partial charge in [0.1, 0.15) is 17.1 Å². The van der Waals surface area contributed by atoms with Crippen LogP contribution in [-0.2, 0) is 4.74 Å². The van der Waals surface area contributed by atoms with Crippen molar-refractivity contribution in [2.45, 2.75) is 6.92 Å². The molecule has 0 saturated carbocycles. The number of ketones is 1. The Morgan fingerprint density at radius 3 is 2.43 bits per heavy atom. The van der Waals surface area contributed by atoms with E-state index >= 15 is 0 Å².